The first-order valence-corrected chi connectivity index (χ1v) is 6.98. The highest BCUT2D eigenvalue weighted by Crippen LogP contribution is 2.42. The van der Waals surface area contributed by atoms with Crippen LogP contribution in [0.2, 0.25) is 0 Å². The van der Waals surface area contributed by atoms with Gasteiger partial charge in [0.15, 0.2) is 18.3 Å². The Labute approximate surface area is 137 Å². The number of nitrogens with zero attached hydrogens (tertiary/aromatic N) is 1. The quantitative estimate of drug-likeness (QED) is 0.300. The van der Waals surface area contributed by atoms with Crippen molar-refractivity contribution in [3.05, 3.63) is 22.2 Å². The topological polar surface area (TPSA) is 116 Å². The van der Waals surface area contributed by atoms with Crippen molar-refractivity contribution in [3.63, 3.8) is 0 Å². The second kappa shape index (κ2) is 7.79. The maximum Gasteiger partial charge on any atom is 0.376 e. The Morgan fingerprint density at radius 1 is 1.33 bits per heavy atom. The molecule has 0 amide bonds. The van der Waals surface area contributed by atoms with E-state index in [2.05, 4.69) is 0 Å². The smallest absolute Gasteiger partial charge is 0.376 e. The van der Waals surface area contributed by atoms with Crippen LogP contribution < -0.4 is 14.2 Å². The minimum absolute atomic E-state index is 0.0606. The summed E-state index contributed by atoms with van der Waals surface area (Å²) in [6.45, 7) is 2.97. The van der Waals surface area contributed by atoms with E-state index in [9.17, 15) is 14.9 Å². The first kappa shape index (κ1) is 17.8. The Hall–Kier alpha value is -2.59. The monoisotopic (exact) mass is 343 g/mol. The Kier molecular flexibility index (Phi) is 5.77. The van der Waals surface area contributed by atoms with Gasteiger partial charge in [0.05, 0.1) is 17.1 Å². The average molecular weight is 343 g/mol. The summed E-state index contributed by atoms with van der Waals surface area (Å²) in [7, 11) is 1.36. The molecule has 132 valence electrons. The van der Waals surface area contributed by atoms with E-state index in [1.807, 2.05) is 0 Å². The van der Waals surface area contributed by atoms with Gasteiger partial charge in [0, 0.05) is 13.2 Å². The fraction of sp³-hybridized carbons (Fsp3) is 0.500. The summed E-state index contributed by atoms with van der Waals surface area (Å²) in [6.07, 6.45) is -1.95. The standard InChI is InChI=1S/C14H17NO9/c1-8(2)23-13(16)14(22-6-19-3)24-10-5-12-11(20-7-21-12)4-9(10)15(17)18/h4-5,8,14H,6-7H2,1-3H3. The molecule has 10 nitrogen and oxygen atoms in total. The van der Waals surface area contributed by atoms with Crippen LogP contribution in [0.3, 0.4) is 0 Å². The number of carbonyl (C=O) groups excluding carboxylic acids is 1. The molecule has 1 aliphatic heterocycles. The number of nitro groups is 1. The van der Waals surface area contributed by atoms with E-state index in [1.165, 1.54) is 13.2 Å². The maximum atomic E-state index is 12.0. The van der Waals surface area contributed by atoms with E-state index >= 15 is 0 Å². The first-order valence-electron chi connectivity index (χ1n) is 6.98. The Balaban J connectivity index is 2.27. The molecular weight excluding hydrogens is 326 g/mol. The van der Waals surface area contributed by atoms with E-state index in [0.29, 0.717) is 0 Å². The highest BCUT2D eigenvalue weighted by Gasteiger charge is 2.30. The predicted octanol–water partition coefficient (Wildman–Crippen LogP) is 1.60. The van der Waals surface area contributed by atoms with Gasteiger partial charge < -0.3 is 28.4 Å². The normalized spacial score (nSPS) is 13.7. The zero-order chi connectivity index (χ0) is 17.7. The van der Waals surface area contributed by atoms with Crippen molar-refractivity contribution in [2.24, 2.45) is 0 Å². The number of esters is 1. The van der Waals surface area contributed by atoms with Gasteiger partial charge in [-0.1, -0.05) is 0 Å². The van der Waals surface area contributed by atoms with E-state index in [4.69, 9.17) is 28.4 Å². The number of nitro benzene ring substituents is 1. The van der Waals surface area contributed by atoms with E-state index in [-0.39, 0.29) is 30.8 Å². The third-order valence-corrected chi connectivity index (χ3v) is 2.77. The van der Waals surface area contributed by atoms with Crippen LogP contribution in [0.5, 0.6) is 17.2 Å². The number of rotatable bonds is 8. The Morgan fingerprint density at radius 2 is 2.00 bits per heavy atom. The second-order valence-corrected chi connectivity index (χ2v) is 4.94. The van der Waals surface area contributed by atoms with Gasteiger partial charge in [-0.25, -0.2) is 4.79 Å². The van der Waals surface area contributed by atoms with Crippen molar-refractivity contribution < 1.29 is 38.1 Å². The molecule has 10 heteroatoms. The van der Waals surface area contributed by atoms with Crippen LogP contribution in [0.1, 0.15) is 13.8 Å². The first-order chi connectivity index (χ1) is 11.4. The molecule has 0 saturated heterocycles. The summed E-state index contributed by atoms with van der Waals surface area (Å²) in [6, 6.07) is 2.41. The van der Waals surface area contributed by atoms with Crippen LogP contribution in [-0.4, -0.2) is 44.0 Å². The number of hydrogen-bond donors (Lipinski definition) is 0. The fourth-order valence-corrected chi connectivity index (χ4v) is 1.83. The molecule has 1 aromatic carbocycles. The van der Waals surface area contributed by atoms with Crippen molar-refractivity contribution in [2.45, 2.75) is 26.2 Å². The number of benzene rings is 1. The third kappa shape index (κ3) is 4.24. The van der Waals surface area contributed by atoms with Crippen LogP contribution in [0.4, 0.5) is 5.69 Å². The summed E-state index contributed by atoms with van der Waals surface area (Å²) in [5.41, 5.74) is -0.400. The predicted molar refractivity (Wildman–Crippen MR) is 77.8 cm³/mol. The van der Waals surface area contributed by atoms with Crippen molar-refractivity contribution in [2.75, 3.05) is 20.7 Å². The lowest BCUT2D eigenvalue weighted by molar-refractivity contribution is -0.386. The van der Waals surface area contributed by atoms with E-state index < -0.39 is 29.0 Å². The molecule has 0 bridgehead atoms. The molecule has 0 aromatic heterocycles. The number of ether oxygens (including phenoxy) is 6. The van der Waals surface area contributed by atoms with Crippen LogP contribution in [0.25, 0.3) is 0 Å². The third-order valence-electron chi connectivity index (χ3n) is 2.77. The van der Waals surface area contributed by atoms with Gasteiger partial charge in [0.2, 0.25) is 12.5 Å². The molecule has 0 aliphatic carbocycles. The molecule has 0 fully saturated rings. The SMILES string of the molecule is COCOC(Oc1cc2c(cc1[N+](=O)[O-])OCO2)C(=O)OC(C)C. The summed E-state index contributed by atoms with van der Waals surface area (Å²) in [4.78, 5) is 22.6. The van der Waals surface area contributed by atoms with Crippen molar-refractivity contribution in [1.82, 2.24) is 0 Å². The van der Waals surface area contributed by atoms with E-state index in [1.54, 1.807) is 13.8 Å². The van der Waals surface area contributed by atoms with Gasteiger partial charge in [-0.05, 0) is 13.8 Å². The molecule has 0 N–H and O–H groups in total. The molecule has 0 saturated carbocycles. The second-order valence-electron chi connectivity index (χ2n) is 4.94. The lowest BCUT2D eigenvalue weighted by atomic mass is 10.2. The highest BCUT2D eigenvalue weighted by atomic mass is 16.8. The summed E-state index contributed by atoms with van der Waals surface area (Å²) >= 11 is 0. The highest BCUT2D eigenvalue weighted by molar-refractivity contribution is 5.74. The van der Waals surface area contributed by atoms with Crippen molar-refractivity contribution >= 4 is 11.7 Å². The molecule has 1 heterocycles. The summed E-state index contributed by atoms with van der Waals surface area (Å²) in [5, 5.41) is 11.2. The molecule has 0 radical (unpaired) electrons. The minimum atomic E-state index is -1.54. The number of hydrogen-bond acceptors (Lipinski definition) is 9. The summed E-state index contributed by atoms with van der Waals surface area (Å²) in [5.74, 6) is -0.577. The van der Waals surface area contributed by atoms with Crippen LogP contribution in [0.15, 0.2) is 12.1 Å². The molecule has 24 heavy (non-hydrogen) atoms. The maximum absolute atomic E-state index is 12.0. The van der Waals surface area contributed by atoms with Crippen molar-refractivity contribution in [3.8, 4) is 17.2 Å². The van der Waals surface area contributed by atoms with Crippen LogP contribution in [0, 0.1) is 10.1 Å². The molecule has 1 unspecified atom stereocenters. The van der Waals surface area contributed by atoms with E-state index in [0.717, 1.165) is 6.07 Å². The molecular formula is C14H17NO9. The molecule has 2 rings (SSSR count). The fourth-order valence-electron chi connectivity index (χ4n) is 1.83. The summed E-state index contributed by atoms with van der Waals surface area (Å²) < 4.78 is 30.4. The zero-order valence-corrected chi connectivity index (χ0v) is 13.3. The molecule has 1 aromatic rings. The van der Waals surface area contributed by atoms with Crippen LogP contribution >= 0.6 is 0 Å². The van der Waals surface area contributed by atoms with Crippen molar-refractivity contribution in [1.29, 1.82) is 0 Å². The van der Waals surface area contributed by atoms with Gasteiger partial charge in [-0.2, -0.15) is 0 Å². The lowest BCUT2D eigenvalue weighted by Crippen LogP contribution is -2.34. The average Bonchev–Trinajstić information content (AvgIpc) is 2.96. The number of methoxy groups -OCH3 is 1. The molecule has 1 atom stereocenters. The lowest BCUT2D eigenvalue weighted by Gasteiger charge is -2.19. The van der Waals surface area contributed by atoms with Gasteiger partial charge in [0.1, 0.15) is 0 Å². The number of carbonyl (C=O) groups is 1. The van der Waals surface area contributed by atoms with Gasteiger partial charge in [0.25, 0.3) is 0 Å². The van der Waals surface area contributed by atoms with Gasteiger partial charge >= 0.3 is 17.9 Å². The van der Waals surface area contributed by atoms with Crippen LogP contribution in [-0.2, 0) is 19.0 Å². The van der Waals surface area contributed by atoms with Gasteiger partial charge in [-0.15, -0.1) is 0 Å². The minimum Gasteiger partial charge on any atom is -0.458 e. The largest absolute Gasteiger partial charge is 0.458 e. The Morgan fingerprint density at radius 3 is 2.58 bits per heavy atom. The Bertz CT molecular complexity index is 617. The van der Waals surface area contributed by atoms with Gasteiger partial charge in [-0.3, -0.25) is 10.1 Å². The molecule has 0 spiro atoms. The molecule has 1 aliphatic rings. The zero-order valence-electron chi connectivity index (χ0n) is 13.3. The number of fused-ring (bicyclic) bond motifs is 1.